The van der Waals surface area contributed by atoms with Gasteiger partial charge in [-0.3, -0.25) is 0 Å². The Bertz CT molecular complexity index is 2340. The maximum atomic E-state index is 2.51. The molecule has 2 nitrogen and oxygen atoms in total. The number of hydrogen-bond acceptors (Lipinski definition) is 2. The predicted octanol–water partition coefficient (Wildman–Crippen LogP) is 15.1. The molecule has 0 spiro atoms. The summed E-state index contributed by atoms with van der Waals surface area (Å²) in [6, 6.07) is 40.6. The van der Waals surface area contributed by atoms with Crippen LogP contribution in [0.2, 0.25) is 0 Å². The van der Waals surface area contributed by atoms with Gasteiger partial charge in [-0.25, -0.2) is 0 Å². The summed E-state index contributed by atoms with van der Waals surface area (Å²) < 4.78 is 0. The molecule has 0 fully saturated rings. The molecule has 0 aromatic heterocycles. The van der Waals surface area contributed by atoms with Crippen LogP contribution in [0.3, 0.4) is 0 Å². The van der Waals surface area contributed by atoms with Gasteiger partial charge < -0.3 is 9.80 Å². The SMILES string of the molecule is CC1=CC(C)C(N(c2ccc(C)cc2)c2ccc(C=CC3=CC=C(C=Cc4ccc(N(c5ccc(C)cc5)c5c(C)cc(C)cc5C)cc4)CC3)cc2)C(C)=C1. The van der Waals surface area contributed by atoms with Gasteiger partial charge in [-0.2, -0.15) is 0 Å². The van der Waals surface area contributed by atoms with Crippen molar-refractivity contribution in [3.05, 3.63) is 207 Å². The summed E-state index contributed by atoms with van der Waals surface area (Å²) in [5, 5.41) is 0. The molecule has 0 bridgehead atoms. The van der Waals surface area contributed by atoms with Crippen LogP contribution in [0.1, 0.15) is 72.6 Å². The zero-order valence-electron chi connectivity index (χ0n) is 34.5. The molecule has 2 atom stereocenters. The van der Waals surface area contributed by atoms with Crippen molar-refractivity contribution in [3.8, 4) is 0 Å². The second-order valence-corrected chi connectivity index (χ2v) is 16.1. The summed E-state index contributed by atoms with van der Waals surface area (Å²) in [5.74, 6) is 0.408. The number of allylic oxidation sites excluding steroid dienone is 8. The molecule has 0 aliphatic heterocycles. The molecule has 0 amide bonds. The molecule has 2 heteroatoms. The van der Waals surface area contributed by atoms with E-state index in [1.54, 1.807) is 0 Å². The molecular formula is C54H56N2. The second kappa shape index (κ2) is 16.9. The standard InChI is InChI=1S/C54H56N2/c1-37-9-25-49(26-10-37)55(53-41(5)33-39(3)34-42(53)6)51-29-21-47(22-30-51)19-17-45-13-15-46(16-14-45)18-20-48-23-31-52(32-24-48)56(50-27-11-38(2)12-28-50)54-43(7)35-40(4)36-44(54)8/h9-13,15,17-36,41,53H,14,16H2,1-8H3. The first kappa shape index (κ1) is 38.4. The van der Waals surface area contributed by atoms with Gasteiger partial charge in [-0.05, 0) is 155 Å². The van der Waals surface area contributed by atoms with Crippen LogP contribution in [0.5, 0.6) is 0 Å². The normalized spacial score (nSPS) is 17.1. The first-order valence-corrected chi connectivity index (χ1v) is 20.2. The van der Waals surface area contributed by atoms with Gasteiger partial charge in [0.2, 0.25) is 0 Å². The van der Waals surface area contributed by atoms with Crippen molar-refractivity contribution in [2.45, 2.75) is 74.3 Å². The monoisotopic (exact) mass is 732 g/mol. The van der Waals surface area contributed by atoms with Gasteiger partial charge in [0, 0.05) is 22.7 Å². The van der Waals surface area contributed by atoms with Gasteiger partial charge in [0.25, 0.3) is 0 Å². The molecule has 0 heterocycles. The maximum absolute atomic E-state index is 2.51. The summed E-state index contributed by atoms with van der Waals surface area (Å²) >= 11 is 0. The fourth-order valence-electron chi connectivity index (χ4n) is 8.49. The topological polar surface area (TPSA) is 6.48 Å². The highest BCUT2D eigenvalue weighted by atomic mass is 15.2. The number of aryl methyl sites for hydroxylation is 5. The molecule has 2 aliphatic rings. The Morgan fingerprint density at radius 2 is 0.929 bits per heavy atom. The highest BCUT2D eigenvalue weighted by molar-refractivity contribution is 5.81. The highest BCUT2D eigenvalue weighted by Crippen LogP contribution is 2.40. The third kappa shape index (κ3) is 8.82. The zero-order chi connectivity index (χ0) is 39.3. The summed E-state index contributed by atoms with van der Waals surface area (Å²) in [6.45, 7) is 17.7. The van der Waals surface area contributed by atoms with E-state index in [1.807, 2.05) is 0 Å². The van der Waals surface area contributed by atoms with Crippen molar-refractivity contribution in [1.82, 2.24) is 0 Å². The molecule has 2 unspecified atom stereocenters. The zero-order valence-corrected chi connectivity index (χ0v) is 34.5. The minimum atomic E-state index is 0.275. The van der Waals surface area contributed by atoms with E-state index in [4.69, 9.17) is 0 Å². The summed E-state index contributed by atoms with van der Waals surface area (Å²) in [6.07, 6.45) is 20.4. The van der Waals surface area contributed by atoms with Gasteiger partial charge in [0.15, 0.2) is 0 Å². The molecular weight excluding hydrogens is 677 g/mol. The van der Waals surface area contributed by atoms with E-state index in [-0.39, 0.29) is 6.04 Å². The van der Waals surface area contributed by atoms with Crippen LogP contribution in [-0.2, 0) is 0 Å². The third-order valence-electron chi connectivity index (χ3n) is 11.2. The average Bonchev–Trinajstić information content (AvgIpc) is 3.18. The second-order valence-electron chi connectivity index (χ2n) is 16.1. The van der Waals surface area contributed by atoms with E-state index < -0.39 is 0 Å². The van der Waals surface area contributed by atoms with Crippen LogP contribution in [0.25, 0.3) is 12.2 Å². The van der Waals surface area contributed by atoms with Crippen LogP contribution in [0.15, 0.2) is 168 Å². The predicted molar refractivity (Wildman–Crippen MR) is 244 cm³/mol. The number of benzene rings is 5. The van der Waals surface area contributed by atoms with Gasteiger partial charge in [-0.15, -0.1) is 0 Å². The number of nitrogens with zero attached hydrogens (tertiary/aromatic N) is 2. The van der Waals surface area contributed by atoms with Crippen molar-refractivity contribution < 1.29 is 0 Å². The minimum absolute atomic E-state index is 0.275. The summed E-state index contributed by atoms with van der Waals surface area (Å²) in [7, 11) is 0. The van der Waals surface area contributed by atoms with Crippen molar-refractivity contribution in [2.24, 2.45) is 5.92 Å². The lowest BCUT2D eigenvalue weighted by Gasteiger charge is -2.39. The Morgan fingerprint density at radius 1 is 0.500 bits per heavy atom. The molecule has 2 aliphatic carbocycles. The number of hydrogen-bond donors (Lipinski definition) is 0. The Kier molecular flexibility index (Phi) is 11.6. The van der Waals surface area contributed by atoms with Crippen molar-refractivity contribution >= 4 is 40.6 Å². The lowest BCUT2D eigenvalue weighted by Crippen LogP contribution is -2.38. The van der Waals surface area contributed by atoms with Crippen molar-refractivity contribution in [3.63, 3.8) is 0 Å². The van der Waals surface area contributed by atoms with Gasteiger partial charge in [-0.1, -0.05) is 138 Å². The summed E-state index contributed by atoms with van der Waals surface area (Å²) in [5.41, 5.74) is 20.3. The van der Waals surface area contributed by atoms with E-state index in [1.165, 1.54) is 84.0 Å². The summed E-state index contributed by atoms with van der Waals surface area (Å²) in [4.78, 5) is 4.90. The number of anilines is 5. The fraction of sp³-hybridized carbons (Fsp3) is 0.222. The quantitative estimate of drug-likeness (QED) is 0.141. The Hall–Kier alpha value is -5.86. The molecule has 5 aromatic rings. The Balaban J connectivity index is 1.04. The Labute approximate surface area is 336 Å². The fourth-order valence-corrected chi connectivity index (χ4v) is 8.49. The highest BCUT2D eigenvalue weighted by Gasteiger charge is 2.29. The van der Waals surface area contributed by atoms with Crippen LogP contribution < -0.4 is 9.80 Å². The molecule has 0 radical (unpaired) electrons. The van der Waals surface area contributed by atoms with E-state index in [2.05, 4.69) is 223 Å². The van der Waals surface area contributed by atoms with E-state index in [0.29, 0.717) is 5.92 Å². The average molecular weight is 733 g/mol. The molecule has 0 saturated carbocycles. The van der Waals surface area contributed by atoms with E-state index in [0.717, 1.165) is 18.5 Å². The van der Waals surface area contributed by atoms with Crippen molar-refractivity contribution in [1.29, 1.82) is 0 Å². The molecule has 0 N–H and O–H groups in total. The maximum Gasteiger partial charge on any atom is 0.0612 e. The first-order chi connectivity index (χ1) is 27.0. The van der Waals surface area contributed by atoms with Gasteiger partial charge >= 0.3 is 0 Å². The van der Waals surface area contributed by atoms with E-state index in [9.17, 15) is 0 Å². The first-order valence-electron chi connectivity index (χ1n) is 20.2. The third-order valence-corrected chi connectivity index (χ3v) is 11.2. The lowest BCUT2D eigenvalue weighted by atomic mass is 9.86. The molecule has 56 heavy (non-hydrogen) atoms. The largest absolute Gasteiger partial charge is 0.334 e. The smallest absolute Gasteiger partial charge is 0.0612 e. The Morgan fingerprint density at radius 3 is 1.38 bits per heavy atom. The van der Waals surface area contributed by atoms with Crippen molar-refractivity contribution in [2.75, 3.05) is 9.80 Å². The van der Waals surface area contributed by atoms with E-state index >= 15 is 0 Å². The minimum Gasteiger partial charge on any atom is -0.334 e. The van der Waals surface area contributed by atoms with Crippen LogP contribution in [-0.4, -0.2) is 6.04 Å². The molecule has 5 aromatic carbocycles. The molecule has 7 rings (SSSR count). The molecule has 0 saturated heterocycles. The van der Waals surface area contributed by atoms with Crippen LogP contribution in [0.4, 0.5) is 28.4 Å². The van der Waals surface area contributed by atoms with Gasteiger partial charge in [0.05, 0.1) is 11.7 Å². The van der Waals surface area contributed by atoms with Crippen LogP contribution in [0, 0.1) is 40.5 Å². The van der Waals surface area contributed by atoms with Crippen LogP contribution >= 0.6 is 0 Å². The lowest BCUT2D eigenvalue weighted by molar-refractivity contribution is 0.578. The van der Waals surface area contributed by atoms with Gasteiger partial charge in [0.1, 0.15) is 0 Å². The molecule has 282 valence electrons. The number of rotatable bonds is 10.